The summed E-state index contributed by atoms with van der Waals surface area (Å²) < 4.78 is 5.97. The van der Waals surface area contributed by atoms with Gasteiger partial charge >= 0.3 is 11.9 Å². The molecule has 23 heavy (non-hydrogen) atoms. The summed E-state index contributed by atoms with van der Waals surface area (Å²) in [4.78, 5) is 24.1. The molecule has 0 aliphatic carbocycles. The van der Waals surface area contributed by atoms with E-state index in [-0.39, 0.29) is 16.5 Å². The average Bonchev–Trinajstić information content (AvgIpc) is 2.41. The van der Waals surface area contributed by atoms with Crippen LogP contribution >= 0.6 is 15.9 Å². The van der Waals surface area contributed by atoms with Crippen LogP contribution in [0.4, 0.5) is 0 Å². The fourth-order valence-electron chi connectivity index (χ4n) is 2.35. The van der Waals surface area contributed by atoms with E-state index in [0.29, 0.717) is 18.6 Å². The third kappa shape index (κ3) is 5.34. The molecule has 1 aromatic carbocycles. The van der Waals surface area contributed by atoms with E-state index >= 15 is 0 Å². The number of carbonyl (C=O) groups excluding carboxylic acids is 1. The van der Waals surface area contributed by atoms with Crippen LogP contribution in [-0.4, -0.2) is 23.7 Å². The van der Waals surface area contributed by atoms with E-state index in [9.17, 15) is 14.7 Å². The number of aromatic carboxylic acids is 1. The van der Waals surface area contributed by atoms with E-state index in [2.05, 4.69) is 15.9 Å². The molecule has 1 rings (SSSR count). The van der Waals surface area contributed by atoms with Crippen LogP contribution in [0, 0.1) is 12.3 Å². The number of esters is 1. The van der Waals surface area contributed by atoms with Gasteiger partial charge in [-0.25, -0.2) is 9.59 Å². The van der Waals surface area contributed by atoms with Crippen LogP contribution in [0.25, 0.3) is 0 Å². The zero-order valence-electron chi connectivity index (χ0n) is 14.5. The lowest BCUT2D eigenvalue weighted by Crippen LogP contribution is -2.19. The first-order valence-corrected chi connectivity index (χ1v) is 8.60. The third-order valence-corrected chi connectivity index (χ3v) is 4.52. The van der Waals surface area contributed by atoms with Gasteiger partial charge in [0, 0.05) is 4.47 Å². The molecule has 0 amide bonds. The fraction of sp³-hybridized carbons (Fsp3) is 0.556. The number of halogens is 1. The van der Waals surface area contributed by atoms with Crippen molar-refractivity contribution in [2.24, 2.45) is 5.41 Å². The van der Waals surface area contributed by atoms with Crippen molar-refractivity contribution in [2.45, 2.75) is 53.9 Å². The standard InChI is InChI=1S/C18H25BrO4/c1-6-7-8-23-17(22)12-9-11(2)15(19)13(10-18(3,4)5)14(12)16(20)21/h9H,6-8,10H2,1-5H3,(H,20,21). The summed E-state index contributed by atoms with van der Waals surface area (Å²) in [6, 6.07) is 1.59. The van der Waals surface area contributed by atoms with Gasteiger partial charge in [-0.1, -0.05) is 50.0 Å². The molecular weight excluding hydrogens is 360 g/mol. The summed E-state index contributed by atoms with van der Waals surface area (Å²) in [6.45, 7) is 10.3. The van der Waals surface area contributed by atoms with E-state index < -0.39 is 11.9 Å². The monoisotopic (exact) mass is 384 g/mol. The van der Waals surface area contributed by atoms with Crippen LogP contribution in [0.3, 0.4) is 0 Å². The van der Waals surface area contributed by atoms with Crippen LogP contribution in [0.15, 0.2) is 10.5 Å². The highest BCUT2D eigenvalue weighted by atomic mass is 79.9. The summed E-state index contributed by atoms with van der Waals surface area (Å²) >= 11 is 3.48. The molecule has 1 aromatic rings. The van der Waals surface area contributed by atoms with Gasteiger partial charge in [0.1, 0.15) is 0 Å². The maximum Gasteiger partial charge on any atom is 0.339 e. The number of hydrogen-bond acceptors (Lipinski definition) is 3. The van der Waals surface area contributed by atoms with Crippen LogP contribution in [0.2, 0.25) is 0 Å². The molecule has 0 bridgehead atoms. The number of carbonyl (C=O) groups is 2. The lowest BCUT2D eigenvalue weighted by atomic mass is 9.84. The van der Waals surface area contributed by atoms with E-state index in [1.165, 1.54) is 0 Å². The smallest absolute Gasteiger partial charge is 0.339 e. The SMILES string of the molecule is CCCCOC(=O)c1cc(C)c(Br)c(CC(C)(C)C)c1C(=O)O. The quantitative estimate of drug-likeness (QED) is 0.553. The molecule has 0 spiro atoms. The minimum absolute atomic E-state index is 0.0406. The van der Waals surface area contributed by atoms with E-state index in [1.807, 2.05) is 34.6 Å². The molecule has 0 heterocycles. The summed E-state index contributed by atoms with van der Waals surface area (Å²) in [5.74, 6) is -1.67. The number of unbranched alkanes of at least 4 members (excludes halogenated alkanes) is 1. The van der Waals surface area contributed by atoms with Crippen LogP contribution in [0.5, 0.6) is 0 Å². The third-order valence-electron chi connectivity index (χ3n) is 3.42. The Kier molecular flexibility index (Phi) is 6.81. The van der Waals surface area contributed by atoms with Crippen molar-refractivity contribution in [1.29, 1.82) is 0 Å². The molecule has 128 valence electrons. The Labute approximate surface area is 146 Å². The fourth-order valence-corrected chi connectivity index (χ4v) is 2.80. The Bertz CT molecular complexity index is 600. The maximum atomic E-state index is 12.3. The Morgan fingerprint density at radius 2 is 1.91 bits per heavy atom. The highest BCUT2D eigenvalue weighted by Gasteiger charge is 2.27. The lowest BCUT2D eigenvalue weighted by Gasteiger charge is -2.23. The first-order valence-electron chi connectivity index (χ1n) is 7.81. The Morgan fingerprint density at radius 1 is 1.30 bits per heavy atom. The number of hydrogen-bond donors (Lipinski definition) is 1. The topological polar surface area (TPSA) is 63.6 Å². The molecule has 0 fully saturated rings. The summed E-state index contributed by atoms with van der Waals surface area (Å²) in [5.41, 5.74) is 1.54. The molecule has 4 nitrogen and oxygen atoms in total. The number of carboxylic acids is 1. The van der Waals surface area contributed by atoms with Gasteiger partial charge in [0.15, 0.2) is 0 Å². The maximum absolute atomic E-state index is 12.3. The minimum atomic E-state index is -1.10. The average molecular weight is 385 g/mol. The molecule has 0 radical (unpaired) electrons. The van der Waals surface area contributed by atoms with Crippen LogP contribution in [0.1, 0.15) is 72.4 Å². The second kappa shape index (κ2) is 7.95. The Balaban J connectivity index is 3.40. The van der Waals surface area contributed by atoms with Gasteiger partial charge in [0.2, 0.25) is 0 Å². The van der Waals surface area contributed by atoms with Gasteiger partial charge in [-0.3, -0.25) is 0 Å². The Hall–Kier alpha value is -1.36. The van der Waals surface area contributed by atoms with Crippen molar-refractivity contribution in [3.05, 3.63) is 32.8 Å². The van der Waals surface area contributed by atoms with E-state index in [0.717, 1.165) is 22.9 Å². The van der Waals surface area contributed by atoms with Gasteiger partial charge in [0.05, 0.1) is 17.7 Å². The minimum Gasteiger partial charge on any atom is -0.478 e. The number of aryl methyl sites for hydroxylation is 1. The first kappa shape index (κ1) is 19.7. The van der Waals surface area contributed by atoms with Crippen LogP contribution < -0.4 is 0 Å². The molecule has 1 N–H and O–H groups in total. The molecular formula is C18H25BrO4. The van der Waals surface area contributed by atoms with Crippen molar-refractivity contribution in [2.75, 3.05) is 6.61 Å². The van der Waals surface area contributed by atoms with Gasteiger partial charge in [-0.05, 0) is 42.4 Å². The highest BCUT2D eigenvalue weighted by Crippen LogP contribution is 2.33. The second-order valence-corrected chi connectivity index (χ2v) is 7.73. The summed E-state index contributed by atoms with van der Waals surface area (Å²) in [7, 11) is 0. The van der Waals surface area contributed by atoms with Crippen molar-refractivity contribution < 1.29 is 19.4 Å². The lowest BCUT2D eigenvalue weighted by molar-refractivity contribution is 0.0488. The summed E-state index contributed by atoms with van der Waals surface area (Å²) in [6.07, 6.45) is 2.22. The molecule has 0 saturated carbocycles. The Morgan fingerprint density at radius 3 is 2.39 bits per heavy atom. The van der Waals surface area contributed by atoms with Gasteiger partial charge in [-0.15, -0.1) is 0 Å². The number of rotatable bonds is 6. The van der Waals surface area contributed by atoms with Gasteiger partial charge in [0.25, 0.3) is 0 Å². The number of benzene rings is 1. The van der Waals surface area contributed by atoms with E-state index in [4.69, 9.17) is 4.74 Å². The highest BCUT2D eigenvalue weighted by molar-refractivity contribution is 9.10. The van der Waals surface area contributed by atoms with Crippen molar-refractivity contribution >= 4 is 27.9 Å². The largest absolute Gasteiger partial charge is 0.478 e. The normalized spacial score (nSPS) is 11.4. The molecule has 0 aliphatic rings. The van der Waals surface area contributed by atoms with Crippen molar-refractivity contribution in [1.82, 2.24) is 0 Å². The molecule has 0 saturated heterocycles. The second-order valence-electron chi connectivity index (χ2n) is 6.94. The zero-order chi connectivity index (χ0) is 17.8. The summed E-state index contributed by atoms with van der Waals surface area (Å²) in [5, 5.41) is 9.65. The number of carboxylic acid groups (broad SMARTS) is 1. The zero-order valence-corrected chi connectivity index (χ0v) is 16.0. The van der Waals surface area contributed by atoms with Crippen LogP contribution in [-0.2, 0) is 11.2 Å². The molecule has 0 unspecified atom stereocenters. The van der Waals surface area contributed by atoms with Crippen molar-refractivity contribution in [3.8, 4) is 0 Å². The molecule has 0 aromatic heterocycles. The van der Waals surface area contributed by atoms with E-state index in [1.54, 1.807) is 6.07 Å². The van der Waals surface area contributed by atoms with Crippen molar-refractivity contribution in [3.63, 3.8) is 0 Å². The molecule has 0 atom stereocenters. The molecule has 0 aliphatic heterocycles. The first-order chi connectivity index (χ1) is 10.6. The van der Waals surface area contributed by atoms with Gasteiger partial charge < -0.3 is 9.84 Å². The number of ether oxygens (including phenoxy) is 1. The molecule has 5 heteroatoms. The predicted octanol–water partition coefficient (Wildman–Crippen LogP) is 5.00. The predicted molar refractivity (Wildman–Crippen MR) is 94.2 cm³/mol. The van der Waals surface area contributed by atoms with Gasteiger partial charge in [-0.2, -0.15) is 0 Å².